The Hall–Kier alpha value is -4.17. The summed E-state index contributed by atoms with van der Waals surface area (Å²) in [5.41, 5.74) is 4.95. The zero-order chi connectivity index (χ0) is 30.0. The van der Waals surface area contributed by atoms with E-state index in [1.807, 2.05) is 64.1 Å². The van der Waals surface area contributed by atoms with Crippen LogP contribution in [-0.2, 0) is 9.59 Å². The van der Waals surface area contributed by atoms with Crippen LogP contribution in [0, 0.1) is 20.8 Å². The van der Waals surface area contributed by atoms with Crippen molar-refractivity contribution >= 4 is 44.1 Å². The molecule has 42 heavy (non-hydrogen) atoms. The summed E-state index contributed by atoms with van der Waals surface area (Å²) >= 11 is 1.35. The second-order valence-corrected chi connectivity index (χ2v) is 11.7. The van der Waals surface area contributed by atoms with Crippen LogP contribution in [0.4, 0.5) is 5.13 Å². The van der Waals surface area contributed by atoms with E-state index < -0.39 is 17.7 Å². The van der Waals surface area contributed by atoms with Crippen LogP contribution in [0.15, 0.2) is 60.2 Å². The smallest absolute Gasteiger partial charge is 0.301 e. The number of hydrogen-bond donors (Lipinski definition) is 1. The number of carbonyl (C=O) groups is 2. The highest BCUT2D eigenvalue weighted by Gasteiger charge is 2.48. The highest BCUT2D eigenvalue weighted by molar-refractivity contribution is 7.22. The minimum Gasteiger partial charge on any atom is -0.507 e. The number of fused-ring (bicyclic) bond motifs is 1. The summed E-state index contributed by atoms with van der Waals surface area (Å²) in [6.45, 7) is 10.9. The third-order valence-corrected chi connectivity index (χ3v) is 8.38. The molecule has 7 nitrogen and oxygen atoms in total. The second-order valence-electron chi connectivity index (χ2n) is 10.7. The molecular formula is C34H36N2O5S. The van der Waals surface area contributed by atoms with Gasteiger partial charge >= 0.3 is 5.91 Å². The lowest BCUT2D eigenvalue weighted by molar-refractivity contribution is -0.132. The third-order valence-electron chi connectivity index (χ3n) is 7.38. The van der Waals surface area contributed by atoms with Crippen molar-refractivity contribution in [3.05, 3.63) is 88.0 Å². The van der Waals surface area contributed by atoms with Gasteiger partial charge in [-0.2, -0.15) is 0 Å². The highest BCUT2D eigenvalue weighted by atomic mass is 32.1. The first-order valence-corrected chi connectivity index (χ1v) is 15.2. The molecule has 1 N–H and O–H groups in total. The van der Waals surface area contributed by atoms with E-state index in [1.54, 1.807) is 18.2 Å². The number of thiazole rings is 1. The van der Waals surface area contributed by atoms with Gasteiger partial charge in [0.2, 0.25) is 0 Å². The molecule has 5 rings (SSSR count). The number of Topliss-reactive ketones (excluding diaryl/α,β-unsaturated/α-hetero) is 1. The van der Waals surface area contributed by atoms with Crippen molar-refractivity contribution in [1.29, 1.82) is 0 Å². The number of ether oxygens (including phenoxy) is 2. The fourth-order valence-electron chi connectivity index (χ4n) is 5.29. The van der Waals surface area contributed by atoms with Crippen LogP contribution < -0.4 is 14.4 Å². The van der Waals surface area contributed by atoms with Crippen molar-refractivity contribution in [1.82, 2.24) is 4.98 Å². The molecule has 1 saturated heterocycles. The number of aliphatic hydroxyl groups excluding tert-OH is 1. The first-order valence-electron chi connectivity index (χ1n) is 14.4. The number of unbranched alkanes of at least 4 members (excludes halogenated alkanes) is 2. The van der Waals surface area contributed by atoms with Crippen LogP contribution >= 0.6 is 11.3 Å². The number of aliphatic hydroxyl groups is 1. The van der Waals surface area contributed by atoms with E-state index in [0.717, 1.165) is 46.2 Å². The van der Waals surface area contributed by atoms with Crippen LogP contribution in [0.25, 0.3) is 16.0 Å². The van der Waals surface area contributed by atoms with Gasteiger partial charge in [-0.3, -0.25) is 14.5 Å². The fourth-order valence-corrected chi connectivity index (χ4v) is 6.46. The average Bonchev–Trinajstić information content (AvgIpc) is 3.50. The van der Waals surface area contributed by atoms with Gasteiger partial charge in [-0.1, -0.05) is 73.1 Å². The monoisotopic (exact) mass is 584 g/mol. The maximum atomic E-state index is 13.7. The molecular weight excluding hydrogens is 548 g/mol. The highest BCUT2D eigenvalue weighted by Crippen LogP contribution is 2.46. The number of anilines is 1. The molecule has 1 amide bonds. The van der Waals surface area contributed by atoms with Gasteiger partial charge in [0.25, 0.3) is 5.78 Å². The molecule has 1 aromatic heterocycles. The molecule has 8 heteroatoms. The minimum absolute atomic E-state index is 0.00933. The van der Waals surface area contributed by atoms with E-state index in [0.29, 0.717) is 41.0 Å². The summed E-state index contributed by atoms with van der Waals surface area (Å²) < 4.78 is 12.9. The number of hydrogen-bond acceptors (Lipinski definition) is 7. The Balaban J connectivity index is 1.68. The van der Waals surface area contributed by atoms with Gasteiger partial charge in [0.15, 0.2) is 16.6 Å². The molecule has 218 valence electrons. The first-order chi connectivity index (χ1) is 20.2. The molecule has 4 aromatic rings. The Morgan fingerprint density at radius 1 is 0.929 bits per heavy atom. The molecule has 1 aliphatic rings. The Bertz CT molecular complexity index is 1670. The van der Waals surface area contributed by atoms with Crippen LogP contribution in [-0.4, -0.2) is 35.0 Å². The van der Waals surface area contributed by atoms with Crippen molar-refractivity contribution in [2.75, 3.05) is 18.1 Å². The summed E-state index contributed by atoms with van der Waals surface area (Å²) in [6.07, 6.45) is 3.08. The fraction of sp³-hybridized carbons (Fsp3) is 0.324. The van der Waals surface area contributed by atoms with Gasteiger partial charge in [-0.25, -0.2) is 4.98 Å². The standard InChI is InChI=1S/C34H36N2O5S/c1-6-8-9-16-41-25-15-14-24(19-26(25)40-7-2)30-28(31(37)23-12-10-20(3)11-13-23)32(38)33(39)36(30)34-35-29-22(5)17-21(4)18-27(29)42-34/h10-15,17-19,30,37H,6-9,16H2,1-5H3/b31-28+. The SMILES string of the molecule is CCCCCOc1ccc(C2/C(=C(\O)c3ccc(C)cc3)C(=O)C(=O)N2c2nc3c(C)cc(C)cc3s2)cc1OCC. The maximum absolute atomic E-state index is 13.7. The number of carbonyl (C=O) groups excluding carboxylic acids is 2. The van der Waals surface area contributed by atoms with Crippen LogP contribution in [0.3, 0.4) is 0 Å². The molecule has 0 radical (unpaired) electrons. The summed E-state index contributed by atoms with van der Waals surface area (Å²) in [6, 6.07) is 15.8. The molecule has 1 unspecified atom stereocenters. The summed E-state index contributed by atoms with van der Waals surface area (Å²) in [7, 11) is 0. The number of aromatic nitrogens is 1. The number of rotatable bonds is 10. The Labute approximate surface area is 250 Å². The molecule has 0 saturated carbocycles. The number of benzene rings is 3. The molecule has 1 atom stereocenters. The first kappa shape index (κ1) is 29.3. The van der Waals surface area contributed by atoms with Crippen molar-refractivity contribution in [2.24, 2.45) is 0 Å². The van der Waals surface area contributed by atoms with E-state index in [1.165, 1.54) is 16.2 Å². The number of aryl methyl sites for hydroxylation is 3. The molecule has 2 heterocycles. The van der Waals surface area contributed by atoms with E-state index in [9.17, 15) is 14.7 Å². The van der Waals surface area contributed by atoms with E-state index in [4.69, 9.17) is 14.5 Å². The molecule has 1 aliphatic heterocycles. The van der Waals surface area contributed by atoms with Gasteiger partial charge in [0.05, 0.1) is 35.0 Å². The Kier molecular flexibility index (Phi) is 8.64. The van der Waals surface area contributed by atoms with Crippen molar-refractivity contribution < 1.29 is 24.2 Å². The van der Waals surface area contributed by atoms with Gasteiger partial charge in [-0.15, -0.1) is 0 Å². The summed E-state index contributed by atoms with van der Waals surface area (Å²) in [5.74, 6) is -0.615. The Morgan fingerprint density at radius 2 is 1.69 bits per heavy atom. The lowest BCUT2D eigenvalue weighted by Gasteiger charge is -2.24. The normalized spacial score (nSPS) is 16.4. The molecule has 3 aromatic carbocycles. The summed E-state index contributed by atoms with van der Waals surface area (Å²) in [5, 5.41) is 11.9. The lowest BCUT2D eigenvalue weighted by Crippen LogP contribution is -2.29. The van der Waals surface area contributed by atoms with Crippen LogP contribution in [0.5, 0.6) is 11.5 Å². The molecule has 0 aliphatic carbocycles. The lowest BCUT2D eigenvalue weighted by atomic mass is 9.95. The minimum atomic E-state index is -0.915. The average molecular weight is 585 g/mol. The zero-order valence-electron chi connectivity index (χ0n) is 24.7. The quantitative estimate of drug-likeness (QED) is 0.0885. The van der Waals surface area contributed by atoms with Gasteiger partial charge in [0.1, 0.15) is 5.76 Å². The largest absolute Gasteiger partial charge is 0.507 e. The van der Waals surface area contributed by atoms with E-state index >= 15 is 0 Å². The topological polar surface area (TPSA) is 89.0 Å². The van der Waals surface area contributed by atoms with E-state index in [-0.39, 0.29) is 11.3 Å². The second kappa shape index (κ2) is 12.4. The predicted octanol–water partition coefficient (Wildman–Crippen LogP) is 7.82. The Morgan fingerprint density at radius 3 is 2.40 bits per heavy atom. The molecule has 1 fully saturated rings. The van der Waals surface area contributed by atoms with Gasteiger partial charge < -0.3 is 14.6 Å². The van der Waals surface area contributed by atoms with Crippen LogP contribution in [0.1, 0.15) is 67.0 Å². The summed E-state index contributed by atoms with van der Waals surface area (Å²) in [4.78, 5) is 33.7. The van der Waals surface area contributed by atoms with Gasteiger partial charge in [0, 0.05) is 5.56 Å². The van der Waals surface area contributed by atoms with E-state index in [2.05, 4.69) is 6.92 Å². The van der Waals surface area contributed by atoms with Gasteiger partial charge in [-0.05, 0) is 69.0 Å². The molecule has 0 spiro atoms. The number of nitrogens with zero attached hydrogens (tertiary/aromatic N) is 2. The van der Waals surface area contributed by atoms with Crippen molar-refractivity contribution in [3.8, 4) is 11.5 Å². The van der Waals surface area contributed by atoms with Crippen molar-refractivity contribution in [3.63, 3.8) is 0 Å². The van der Waals surface area contributed by atoms with Crippen molar-refractivity contribution in [2.45, 2.75) is 59.9 Å². The predicted molar refractivity (Wildman–Crippen MR) is 168 cm³/mol. The van der Waals surface area contributed by atoms with Crippen LogP contribution in [0.2, 0.25) is 0 Å². The number of amides is 1. The number of ketones is 1. The zero-order valence-corrected chi connectivity index (χ0v) is 25.5. The third kappa shape index (κ3) is 5.63. The maximum Gasteiger partial charge on any atom is 0.301 e. The molecule has 0 bridgehead atoms.